The van der Waals surface area contributed by atoms with E-state index < -0.39 is 17.6 Å². The van der Waals surface area contributed by atoms with Gasteiger partial charge in [-0.25, -0.2) is 0 Å². The molecule has 1 atom stereocenters. The van der Waals surface area contributed by atoms with Crippen molar-refractivity contribution in [2.45, 2.75) is 31.5 Å². The number of aryl methyl sites for hydroxylation is 1. The van der Waals surface area contributed by atoms with Crippen molar-refractivity contribution in [3.63, 3.8) is 0 Å². The SMILES string of the molecule is Cc1cc(-c2cnn(C(C)(CO)CO)c2)c2c(c1)C(C(F)(F)F)c1ccccc1-2. The molecule has 0 fully saturated rings. The Bertz CT molecular complexity index is 1070. The van der Waals surface area contributed by atoms with Gasteiger partial charge in [0.05, 0.1) is 19.4 Å². The van der Waals surface area contributed by atoms with E-state index >= 15 is 0 Å². The lowest BCUT2D eigenvalue weighted by molar-refractivity contribution is -0.140. The number of halogens is 3. The fraction of sp³-hybridized carbons (Fsp3) is 0.318. The zero-order valence-electron chi connectivity index (χ0n) is 16.0. The van der Waals surface area contributed by atoms with Crippen molar-refractivity contribution in [3.8, 4) is 22.3 Å². The predicted molar refractivity (Wildman–Crippen MR) is 104 cm³/mol. The number of nitrogens with zero attached hydrogens (tertiary/aromatic N) is 2. The quantitative estimate of drug-likeness (QED) is 0.687. The van der Waals surface area contributed by atoms with Crippen LogP contribution in [0.2, 0.25) is 0 Å². The van der Waals surface area contributed by atoms with E-state index in [0.717, 1.165) is 5.56 Å². The fourth-order valence-corrected chi connectivity index (χ4v) is 4.02. The third-order valence-corrected chi connectivity index (χ3v) is 5.62. The van der Waals surface area contributed by atoms with Crippen LogP contribution >= 0.6 is 0 Å². The van der Waals surface area contributed by atoms with Crippen molar-refractivity contribution in [1.82, 2.24) is 9.78 Å². The highest BCUT2D eigenvalue weighted by Gasteiger charge is 2.48. The predicted octanol–water partition coefficient (Wildman–Crippen LogP) is 4.23. The van der Waals surface area contributed by atoms with Gasteiger partial charge >= 0.3 is 6.18 Å². The first-order valence-corrected chi connectivity index (χ1v) is 9.27. The molecule has 1 aliphatic carbocycles. The number of aliphatic hydroxyl groups excluding tert-OH is 2. The molecule has 1 aromatic heterocycles. The van der Waals surface area contributed by atoms with Crippen LogP contribution in [0.5, 0.6) is 0 Å². The van der Waals surface area contributed by atoms with Crippen LogP contribution in [0.3, 0.4) is 0 Å². The minimum Gasteiger partial charge on any atom is -0.394 e. The highest BCUT2D eigenvalue weighted by molar-refractivity contribution is 5.91. The van der Waals surface area contributed by atoms with Crippen LogP contribution in [-0.2, 0) is 5.54 Å². The number of rotatable bonds is 4. The van der Waals surface area contributed by atoms with Crippen molar-refractivity contribution < 1.29 is 23.4 Å². The largest absolute Gasteiger partial charge is 0.399 e. The lowest BCUT2D eigenvalue weighted by Crippen LogP contribution is -2.38. The first-order valence-electron chi connectivity index (χ1n) is 9.27. The summed E-state index contributed by atoms with van der Waals surface area (Å²) in [5, 5.41) is 23.5. The smallest absolute Gasteiger partial charge is 0.394 e. The second-order valence-corrected chi connectivity index (χ2v) is 7.83. The van der Waals surface area contributed by atoms with E-state index in [-0.39, 0.29) is 24.3 Å². The number of aromatic nitrogens is 2. The molecule has 1 heterocycles. The van der Waals surface area contributed by atoms with Crippen molar-refractivity contribution in [1.29, 1.82) is 0 Å². The Morgan fingerprint density at radius 3 is 2.38 bits per heavy atom. The number of benzene rings is 2. The summed E-state index contributed by atoms with van der Waals surface area (Å²) in [6.07, 6.45) is -1.18. The molecule has 29 heavy (non-hydrogen) atoms. The van der Waals surface area contributed by atoms with Gasteiger partial charge in [0.2, 0.25) is 0 Å². The summed E-state index contributed by atoms with van der Waals surface area (Å²) in [4.78, 5) is 0. The number of hydrogen-bond donors (Lipinski definition) is 2. The summed E-state index contributed by atoms with van der Waals surface area (Å²) < 4.78 is 43.3. The van der Waals surface area contributed by atoms with E-state index in [1.165, 1.54) is 10.7 Å². The van der Waals surface area contributed by atoms with Crippen molar-refractivity contribution in [3.05, 3.63) is 65.5 Å². The Morgan fingerprint density at radius 1 is 1.03 bits per heavy atom. The Kier molecular flexibility index (Phi) is 4.55. The molecule has 4 nitrogen and oxygen atoms in total. The van der Waals surface area contributed by atoms with Gasteiger partial charge in [0.25, 0.3) is 0 Å². The monoisotopic (exact) mass is 402 g/mol. The average molecular weight is 402 g/mol. The molecule has 2 aromatic carbocycles. The van der Waals surface area contributed by atoms with E-state index in [0.29, 0.717) is 22.3 Å². The van der Waals surface area contributed by atoms with Crippen molar-refractivity contribution >= 4 is 0 Å². The van der Waals surface area contributed by atoms with Crippen LogP contribution in [0.25, 0.3) is 22.3 Å². The maximum absolute atomic E-state index is 14.0. The van der Waals surface area contributed by atoms with Crippen molar-refractivity contribution in [2.24, 2.45) is 0 Å². The molecule has 7 heteroatoms. The van der Waals surface area contributed by atoms with Gasteiger partial charge in [-0.05, 0) is 41.7 Å². The molecule has 0 spiro atoms. The highest BCUT2D eigenvalue weighted by Crippen LogP contribution is 2.54. The molecule has 1 aliphatic rings. The van der Waals surface area contributed by atoms with Gasteiger partial charge in [0.15, 0.2) is 0 Å². The van der Waals surface area contributed by atoms with E-state index in [9.17, 15) is 23.4 Å². The Morgan fingerprint density at radius 2 is 1.72 bits per heavy atom. The zero-order chi connectivity index (χ0) is 21.0. The lowest BCUT2D eigenvalue weighted by atomic mass is 9.91. The van der Waals surface area contributed by atoms with Crippen LogP contribution in [-0.4, -0.2) is 39.4 Å². The van der Waals surface area contributed by atoms with Crippen LogP contribution < -0.4 is 0 Å². The minimum atomic E-state index is -4.40. The Labute approximate surface area is 166 Å². The Balaban J connectivity index is 1.95. The molecular weight excluding hydrogens is 381 g/mol. The van der Waals surface area contributed by atoms with E-state index in [2.05, 4.69) is 5.10 Å². The maximum Gasteiger partial charge on any atom is 0.399 e. The van der Waals surface area contributed by atoms with Gasteiger partial charge in [0.1, 0.15) is 11.5 Å². The standard InChI is InChI=1S/C22H21F3N2O2/c1-13-7-17(14-9-26-27(10-14)21(2,11-28)12-29)19-15-5-3-4-6-16(15)20(18(19)8-13)22(23,24)25/h3-10,20,28-29H,11-12H2,1-2H3. The number of alkyl halides is 3. The van der Waals surface area contributed by atoms with Crippen LogP contribution in [0, 0.1) is 6.92 Å². The third kappa shape index (κ3) is 3.05. The van der Waals surface area contributed by atoms with Gasteiger partial charge in [-0.2, -0.15) is 18.3 Å². The van der Waals surface area contributed by atoms with E-state index in [4.69, 9.17) is 0 Å². The second-order valence-electron chi connectivity index (χ2n) is 7.83. The topological polar surface area (TPSA) is 58.3 Å². The number of aliphatic hydroxyl groups is 2. The minimum absolute atomic E-state index is 0.244. The summed E-state index contributed by atoms with van der Waals surface area (Å²) in [6.45, 7) is 2.78. The van der Waals surface area contributed by atoms with Gasteiger partial charge < -0.3 is 10.2 Å². The molecule has 0 amide bonds. The molecule has 0 saturated carbocycles. The molecule has 1 unspecified atom stereocenters. The summed E-state index contributed by atoms with van der Waals surface area (Å²) in [5.74, 6) is -1.66. The molecule has 152 valence electrons. The van der Waals surface area contributed by atoms with E-state index in [1.54, 1.807) is 50.5 Å². The van der Waals surface area contributed by atoms with Gasteiger partial charge in [-0.1, -0.05) is 42.0 Å². The number of fused-ring (bicyclic) bond motifs is 3. The summed E-state index contributed by atoms with van der Waals surface area (Å²) in [6, 6.07) is 10.1. The molecule has 0 bridgehead atoms. The van der Waals surface area contributed by atoms with Gasteiger partial charge in [-0.3, -0.25) is 4.68 Å². The third-order valence-electron chi connectivity index (χ3n) is 5.62. The second kappa shape index (κ2) is 6.71. The molecular formula is C22H21F3N2O2. The zero-order valence-corrected chi connectivity index (χ0v) is 16.0. The van der Waals surface area contributed by atoms with Crippen LogP contribution in [0.4, 0.5) is 13.2 Å². The molecule has 3 aromatic rings. The number of hydrogen-bond acceptors (Lipinski definition) is 3. The summed E-state index contributed by atoms with van der Waals surface area (Å²) in [5.41, 5.74) is 2.64. The van der Waals surface area contributed by atoms with Crippen molar-refractivity contribution in [2.75, 3.05) is 13.2 Å². The van der Waals surface area contributed by atoms with Crippen LogP contribution in [0.15, 0.2) is 48.8 Å². The normalized spacial score (nSPS) is 16.0. The fourth-order valence-electron chi connectivity index (χ4n) is 4.02. The molecule has 2 N–H and O–H groups in total. The van der Waals surface area contributed by atoms with Gasteiger partial charge in [0, 0.05) is 11.8 Å². The summed E-state index contributed by atoms with van der Waals surface area (Å²) >= 11 is 0. The first-order chi connectivity index (χ1) is 13.7. The highest BCUT2D eigenvalue weighted by atomic mass is 19.4. The van der Waals surface area contributed by atoms with Gasteiger partial charge in [-0.15, -0.1) is 0 Å². The van der Waals surface area contributed by atoms with E-state index in [1.807, 2.05) is 6.07 Å². The average Bonchev–Trinajstić information content (AvgIpc) is 3.29. The first kappa shape index (κ1) is 19.7. The molecule has 4 rings (SSSR count). The molecule has 0 radical (unpaired) electrons. The molecule has 0 aliphatic heterocycles. The lowest BCUT2D eigenvalue weighted by Gasteiger charge is -2.25. The van der Waals surface area contributed by atoms with Crippen LogP contribution in [0.1, 0.15) is 29.5 Å². The maximum atomic E-state index is 14.0. The molecule has 0 saturated heterocycles. The Hall–Kier alpha value is -2.64. The summed E-state index contributed by atoms with van der Waals surface area (Å²) in [7, 11) is 0.